The minimum Gasteiger partial charge on any atom is -0.481 e. The number of aliphatic hydroxyl groups excluding tert-OH is 2. The number of hydrogen-bond donors (Lipinski definition) is 3. The third-order valence-electron chi connectivity index (χ3n) is 7.25. The fourth-order valence-electron chi connectivity index (χ4n) is 4.59. The Hall–Kier alpha value is -2.27. The third kappa shape index (κ3) is 8.22. The maximum atomic E-state index is 11.8. The molecule has 0 saturated carbocycles. The summed E-state index contributed by atoms with van der Waals surface area (Å²) in [6.45, 7) is 4.04. The van der Waals surface area contributed by atoms with Crippen molar-refractivity contribution in [3.63, 3.8) is 0 Å². The summed E-state index contributed by atoms with van der Waals surface area (Å²) in [7, 11) is 0. The van der Waals surface area contributed by atoms with Crippen molar-refractivity contribution in [2.45, 2.75) is 96.0 Å². The van der Waals surface area contributed by atoms with E-state index < -0.39 is 11.4 Å². The predicted octanol–water partition coefficient (Wildman–Crippen LogP) is 5.47. The van der Waals surface area contributed by atoms with Crippen LogP contribution in [0.5, 0.6) is 0 Å². The Morgan fingerprint density at radius 2 is 1.82 bits per heavy atom. The second kappa shape index (κ2) is 13.4. The van der Waals surface area contributed by atoms with Crippen LogP contribution in [-0.4, -0.2) is 34.0 Å². The first kappa shape index (κ1) is 27.0. The van der Waals surface area contributed by atoms with Crippen molar-refractivity contribution in [1.82, 2.24) is 0 Å². The number of allylic oxidation sites excluding steroid dienone is 2. The van der Waals surface area contributed by atoms with Crippen LogP contribution in [0.25, 0.3) is 0 Å². The van der Waals surface area contributed by atoms with Gasteiger partial charge in [-0.1, -0.05) is 81.6 Å². The van der Waals surface area contributed by atoms with Gasteiger partial charge in [-0.05, 0) is 57.2 Å². The van der Waals surface area contributed by atoms with Gasteiger partial charge in [0, 0.05) is 23.5 Å². The number of unbranched alkanes of at least 4 members (excludes halogenated alkanes) is 4. The molecule has 0 heterocycles. The molecule has 1 aromatic rings. The zero-order valence-corrected chi connectivity index (χ0v) is 20.3. The first-order chi connectivity index (χ1) is 15.8. The van der Waals surface area contributed by atoms with Gasteiger partial charge in [0.15, 0.2) is 0 Å². The number of carboxylic acids is 1. The third-order valence-corrected chi connectivity index (χ3v) is 7.25. The summed E-state index contributed by atoms with van der Waals surface area (Å²) < 4.78 is 0. The lowest BCUT2D eigenvalue weighted by molar-refractivity contribution is -0.143. The monoisotopic (exact) mass is 452 g/mol. The van der Waals surface area contributed by atoms with Crippen LogP contribution in [0, 0.1) is 35.3 Å². The normalized spacial score (nSPS) is 19.5. The zero-order valence-electron chi connectivity index (χ0n) is 20.3. The molecule has 0 aliphatic heterocycles. The van der Waals surface area contributed by atoms with Crippen molar-refractivity contribution >= 4 is 5.97 Å². The highest BCUT2D eigenvalue weighted by Crippen LogP contribution is 2.36. The van der Waals surface area contributed by atoms with Crippen LogP contribution in [0.15, 0.2) is 30.4 Å². The Kier molecular flexibility index (Phi) is 11.0. The number of hydrogen-bond acceptors (Lipinski definition) is 3. The van der Waals surface area contributed by atoms with Crippen molar-refractivity contribution in [3.05, 3.63) is 48.0 Å². The SMILES string of the molecule is CC(CCCCCC(O)CCCCCC(C)(CO)C1C#CC=CC1)(C(=O)O)c1c#cccc1. The molecule has 0 aromatic heterocycles. The van der Waals surface area contributed by atoms with Crippen molar-refractivity contribution in [2.75, 3.05) is 6.61 Å². The summed E-state index contributed by atoms with van der Waals surface area (Å²) in [5.74, 6) is 5.68. The van der Waals surface area contributed by atoms with E-state index in [1.54, 1.807) is 25.1 Å². The van der Waals surface area contributed by atoms with E-state index in [2.05, 4.69) is 37.0 Å². The maximum Gasteiger partial charge on any atom is 0.314 e. The molecule has 33 heavy (non-hydrogen) atoms. The Balaban J connectivity index is 1.59. The van der Waals surface area contributed by atoms with Crippen LogP contribution in [-0.2, 0) is 10.2 Å². The molecule has 1 aliphatic rings. The lowest BCUT2D eigenvalue weighted by atomic mass is 9.72. The number of aliphatic hydroxyl groups is 2. The molecule has 180 valence electrons. The topological polar surface area (TPSA) is 77.8 Å². The summed E-state index contributed by atoms with van der Waals surface area (Å²) in [6.07, 6.45) is 13.3. The summed E-state index contributed by atoms with van der Waals surface area (Å²) in [4.78, 5) is 11.8. The molecule has 1 aliphatic carbocycles. The Morgan fingerprint density at radius 3 is 2.36 bits per heavy atom. The largest absolute Gasteiger partial charge is 0.481 e. The fraction of sp³-hybridized carbons (Fsp3) is 0.621. The second-order valence-corrected chi connectivity index (χ2v) is 9.99. The number of carboxylic acid groups (broad SMARTS) is 1. The lowest BCUT2D eigenvalue weighted by Crippen LogP contribution is -2.32. The highest BCUT2D eigenvalue weighted by atomic mass is 16.4. The number of aliphatic carboxylic acids is 1. The summed E-state index contributed by atoms with van der Waals surface area (Å²) in [5, 5.41) is 29.9. The summed E-state index contributed by atoms with van der Waals surface area (Å²) >= 11 is 0. The second-order valence-electron chi connectivity index (χ2n) is 9.99. The Morgan fingerprint density at radius 1 is 1.12 bits per heavy atom. The molecular weight excluding hydrogens is 412 g/mol. The van der Waals surface area contributed by atoms with Gasteiger partial charge >= 0.3 is 5.97 Å². The van der Waals surface area contributed by atoms with Gasteiger partial charge in [-0.2, -0.15) is 0 Å². The standard InChI is InChI=1S/C29H40O4/c1-28(23-30,24-15-7-3-8-16-24)21-13-5-11-19-26(31)20-12-6-14-22-29(2,27(32)33)25-17-9-4-10-18-25/h3-4,7,9,17,24,26,30-31H,5-6,11-15,19-23H2,1-2H3,(H,32,33). The molecule has 1 aromatic carbocycles. The molecule has 0 amide bonds. The van der Waals surface area contributed by atoms with Crippen LogP contribution in [0.2, 0.25) is 0 Å². The van der Waals surface area contributed by atoms with Crippen LogP contribution in [0.4, 0.5) is 0 Å². The average molecular weight is 453 g/mol. The van der Waals surface area contributed by atoms with Crippen LogP contribution in [0.1, 0.15) is 90.0 Å². The Bertz CT molecular complexity index is 806. The first-order valence-corrected chi connectivity index (χ1v) is 12.4. The lowest BCUT2D eigenvalue weighted by Gasteiger charge is -2.33. The van der Waals surface area contributed by atoms with E-state index in [1.807, 2.05) is 6.08 Å². The molecule has 0 radical (unpaired) electrons. The molecule has 4 nitrogen and oxygen atoms in total. The highest BCUT2D eigenvalue weighted by Gasteiger charge is 2.35. The van der Waals surface area contributed by atoms with E-state index in [0.29, 0.717) is 12.0 Å². The quantitative estimate of drug-likeness (QED) is 0.230. The first-order valence-electron chi connectivity index (χ1n) is 12.4. The fourth-order valence-corrected chi connectivity index (χ4v) is 4.59. The highest BCUT2D eigenvalue weighted by molar-refractivity contribution is 5.80. The number of carbonyl (C=O) groups is 1. The van der Waals surface area contributed by atoms with Crippen molar-refractivity contribution < 1.29 is 20.1 Å². The molecule has 0 saturated heterocycles. The molecule has 3 N–H and O–H groups in total. The van der Waals surface area contributed by atoms with E-state index in [1.165, 1.54) is 0 Å². The minimum atomic E-state index is -0.945. The van der Waals surface area contributed by atoms with Gasteiger partial charge in [0.1, 0.15) is 0 Å². The van der Waals surface area contributed by atoms with Crippen molar-refractivity contribution in [1.29, 1.82) is 0 Å². The van der Waals surface area contributed by atoms with Gasteiger partial charge in [-0.25, -0.2) is 0 Å². The van der Waals surface area contributed by atoms with E-state index in [0.717, 1.165) is 64.2 Å². The zero-order chi connectivity index (χ0) is 24.2. The van der Waals surface area contributed by atoms with E-state index in [9.17, 15) is 20.1 Å². The molecule has 0 spiro atoms. The van der Waals surface area contributed by atoms with Crippen LogP contribution in [0.3, 0.4) is 0 Å². The summed E-state index contributed by atoms with van der Waals surface area (Å²) in [5.41, 5.74) is -0.434. The van der Waals surface area contributed by atoms with Crippen molar-refractivity contribution in [3.8, 4) is 11.8 Å². The van der Waals surface area contributed by atoms with Gasteiger partial charge in [0.2, 0.25) is 0 Å². The molecular formula is C29H40O4. The average Bonchev–Trinajstić information content (AvgIpc) is 2.84. The molecule has 4 heteroatoms. The van der Waals surface area contributed by atoms with Crippen LogP contribution >= 0.6 is 0 Å². The van der Waals surface area contributed by atoms with Crippen molar-refractivity contribution in [2.24, 2.45) is 11.3 Å². The maximum absolute atomic E-state index is 11.8. The number of rotatable bonds is 16. The van der Waals surface area contributed by atoms with Gasteiger partial charge in [-0.3, -0.25) is 4.79 Å². The van der Waals surface area contributed by atoms with E-state index >= 15 is 0 Å². The minimum absolute atomic E-state index is 0.156. The molecule has 4 unspecified atom stereocenters. The van der Waals surface area contributed by atoms with E-state index in [-0.39, 0.29) is 24.0 Å². The Labute approximate surface area is 200 Å². The van der Waals surface area contributed by atoms with Gasteiger partial charge < -0.3 is 15.3 Å². The van der Waals surface area contributed by atoms with Gasteiger partial charge in [0.05, 0.1) is 11.5 Å². The molecule has 2 rings (SSSR count). The summed E-state index contributed by atoms with van der Waals surface area (Å²) in [6, 6.07) is 11.1. The molecule has 0 bridgehead atoms. The van der Waals surface area contributed by atoms with Gasteiger partial charge in [0.25, 0.3) is 0 Å². The van der Waals surface area contributed by atoms with Gasteiger partial charge in [-0.15, -0.1) is 0 Å². The molecule has 4 atom stereocenters. The molecule has 0 fully saturated rings. The predicted molar refractivity (Wildman–Crippen MR) is 131 cm³/mol. The van der Waals surface area contributed by atoms with E-state index in [4.69, 9.17) is 0 Å². The smallest absolute Gasteiger partial charge is 0.314 e. The van der Waals surface area contributed by atoms with Crippen LogP contribution < -0.4 is 0 Å².